The van der Waals surface area contributed by atoms with Gasteiger partial charge in [0, 0.05) is 43.0 Å². The van der Waals surface area contributed by atoms with Gasteiger partial charge in [0.25, 0.3) is 5.56 Å². The van der Waals surface area contributed by atoms with Crippen molar-refractivity contribution in [3.8, 4) is 5.75 Å². The first-order valence-corrected chi connectivity index (χ1v) is 11.8. The zero-order valence-electron chi connectivity index (χ0n) is 19.9. The molecule has 2 aromatic heterocycles. The number of hydrogen-bond acceptors (Lipinski definition) is 8. The molecule has 0 spiro atoms. The van der Waals surface area contributed by atoms with Gasteiger partial charge in [-0.15, -0.1) is 0 Å². The molecular formula is C25H33N5O4. The second-order valence-corrected chi connectivity index (χ2v) is 8.62. The Labute approximate surface area is 199 Å². The van der Waals surface area contributed by atoms with Crippen LogP contribution in [0.25, 0.3) is 11.0 Å². The minimum absolute atomic E-state index is 0.0923. The number of nitrogens with zero attached hydrogens (tertiary/aromatic N) is 4. The second-order valence-electron chi connectivity index (χ2n) is 8.62. The monoisotopic (exact) mass is 467 g/mol. The normalized spacial score (nSPS) is 16.1. The SMILES string of the molecule is CN(C)CCOc1ccc(Nc2ncc3ccc(=O)n(CCCOC4CCCCO4)c3n2)cc1. The number of fused-ring (bicyclic) bond motifs is 1. The summed E-state index contributed by atoms with van der Waals surface area (Å²) < 4.78 is 18.8. The highest BCUT2D eigenvalue weighted by Gasteiger charge is 2.14. The lowest BCUT2D eigenvalue weighted by atomic mass is 10.2. The summed E-state index contributed by atoms with van der Waals surface area (Å²) in [5.41, 5.74) is 1.35. The third-order valence-electron chi connectivity index (χ3n) is 5.61. The highest BCUT2D eigenvalue weighted by Crippen LogP contribution is 2.20. The molecule has 0 amide bonds. The van der Waals surface area contributed by atoms with Crippen molar-refractivity contribution in [3.05, 3.63) is 52.9 Å². The first-order valence-electron chi connectivity index (χ1n) is 11.8. The maximum absolute atomic E-state index is 12.6. The molecule has 1 unspecified atom stereocenters. The predicted molar refractivity (Wildman–Crippen MR) is 132 cm³/mol. The Kier molecular flexibility index (Phi) is 8.46. The van der Waals surface area contributed by atoms with E-state index in [2.05, 4.69) is 20.2 Å². The third kappa shape index (κ3) is 6.75. The number of hydrogen-bond donors (Lipinski definition) is 1. The largest absolute Gasteiger partial charge is 0.492 e. The number of aromatic nitrogens is 3. The van der Waals surface area contributed by atoms with Crippen LogP contribution >= 0.6 is 0 Å². The summed E-state index contributed by atoms with van der Waals surface area (Å²) in [6.45, 7) is 3.29. The van der Waals surface area contributed by atoms with E-state index >= 15 is 0 Å². The minimum atomic E-state index is -0.124. The Morgan fingerprint density at radius 1 is 1.15 bits per heavy atom. The van der Waals surface area contributed by atoms with Crippen molar-refractivity contribution in [2.24, 2.45) is 0 Å². The lowest BCUT2D eigenvalue weighted by Crippen LogP contribution is -2.24. The number of ether oxygens (including phenoxy) is 3. The molecule has 9 nitrogen and oxygen atoms in total. The van der Waals surface area contributed by atoms with Gasteiger partial charge < -0.3 is 24.4 Å². The van der Waals surface area contributed by atoms with E-state index in [4.69, 9.17) is 14.2 Å². The van der Waals surface area contributed by atoms with Gasteiger partial charge in [-0.3, -0.25) is 9.36 Å². The van der Waals surface area contributed by atoms with Crippen LogP contribution in [0.4, 0.5) is 11.6 Å². The first kappa shape index (κ1) is 24.1. The molecule has 1 saturated heterocycles. The van der Waals surface area contributed by atoms with E-state index in [1.54, 1.807) is 22.9 Å². The molecule has 1 N–H and O–H groups in total. The Morgan fingerprint density at radius 3 is 2.76 bits per heavy atom. The van der Waals surface area contributed by atoms with Gasteiger partial charge in [-0.05, 0) is 70.1 Å². The molecule has 182 valence electrons. The molecule has 3 aromatic rings. The van der Waals surface area contributed by atoms with Gasteiger partial charge in [0.1, 0.15) is 18.0 Å². The van der Waals surface area contributed by atoms with Crippen LogP contribution in [0.5, 0.6) is 5.75 Å². The van der Waals surface area contributed by atoms with Crippen molar-refractivity contribution in [1.29, 1.82) is 0 Å². The first-order chi connectivity index (χ1) is 16.6. The molecule has 1 aliphatic heterocycles. The molecule has 0 bridgehead atoms. The fraction of sp³-hybridized carbons (Fsp3) is 0.480. The van der Waals surface area contributed by atoms with Crippen molar-refractivity contribution < 1.29 is 14.2 Å². The number of aryl methyl sites for hydroxylation is 1. The average Bonchev–Trinajstić information content (AvgIpc) is 2.84. The predicted octanol–water partition coefficient (Wildman–Crippen LogP) is 3.41. The Hall–Kier alpha value is -3.01. The molecule has 1 fully saturated rings. The summed E-state index contributed by atoms with van der Waals surface area (Å²) in [7, 11) is 4.03. The quantitative estimate of drug-likeness (QED) is 0.429. The fourth-order valence-electron chi connectivity index (χ4n) is 3.74. The van der Waals surface area contributed by atoms with Gasteiger partial charge in [0.2, 0.25) is 5.95 Å². The van der Waals surface area contributed by atoms with E-state index in [-0.39, 0.29) is 11.8 Å². The Morgan fingerprint density at radius 2 is 2.00 bits per heavy atom. The Balaban J connectivity index is 1.39. The molecular weight excluding hydrogens is 434 g/mol. The van der Waals surface area contributed by atoms with E-state index in [0.29, 0.717) is 37.8 Å². The molecule has 3 heterocycles. The van der Waals surface area contributed by atoms with Gasteiger partial charge >= 0.3 is 0 Å². The second kappa shape index (κ2) is 11.9. The summed E-state index contributed by atoms with van der Waals surface area (Å²) in [5, 5.41) is 4.02. The molecule has 34 heavy (non-hydrogen) atoms. The lowest BCUT2D eigenvalue weighted by Gasteiger charge is -2.22. The van der Waals surface area contributed by atoms with E-state index in [1.807, 2.05) is 38.4 Å². The van der Waals surface area contributed by atoms with Crippen molar-refractivity contribution >= 4 is 22.7 Å². The Bertz CT molecular complexity index is 1110. The van der Waals surface area contributed by atoms with Crippen LogP contribution in [0.15, 0.2) is 47.4 Å². The zero-order chi connectivity index (χ0) is 23.8. The molecule has 1 atom stereocenters. The zero-order valence-corrected chi connectivity index (χ0v) is 19.9. The summed E-state index contributed by atoms with van der Waals surface area (Å²) in [5.74, 6) is 1.24. The molecule has 1 aliphatic rings. The molecule has 0 aliphatic carbocycles. The van der Waals surface area contributed by atoms with Crippen LogP contribution in [0.2, 0.25) is 0 Å². The van der Waals surface area contributed by atoms with Gasteiger partial charge in [0.15, 0.2) is 6.29 Å². The maximum Gasteiger partial charge on any atom is 0.252 e. The smallest absolute Gasteiger partial charge is 0.252 e. The molecule has 0 radical (unpaired) electrons. The number of benzene rings is 1. The molecule has 1 aromatic carbocycles. The number of nitrogens with one attached hydrogen (secondary N) is 1. The number of pyridine rings is 1. The van der Waals surface area contributed by atoms with E-state index in [0.717, 1.165) is 49.2 Å². The average molecular weight is 468 g/mol. The fourth-order valence-corrected chi connectivity index (χ4v) is 3.74. The molecule has 4 rings (SSSR count). The van der Waals surface area contributed by atoms with Gasteiger partial charge in [0.05, 0.1) is 6.61 Å². The molecule has 9 heteroatoms. The summed E-state index contributed by atoms with van der Waals surface area (Å²) in [6, 6.07) is 11.0. The summed E-state index contributed by atoms with van der Waals surface area (Å²) in [6.07, 6.45) is 5.45. The third-order valence-corrected chi connectivity index (χ3v) is 5.61. The lowest BCUT2D eigenvalue weighted by molar-refractivity contribution is -0.163. The van der Waals surface area contributed by atoms with Crippen LogP contribution in [-0.2, 0) is 16.0 Å². The van der Waals surface area contributed by atoms with Crippen LogP contribution in [0.3, 0.4) is 0 Å². The highest BCUT2D eigenvalue weighted by molar-refractivity contribution is 5.75. The highest BCUT2D eigenvalue weighted by atomic mass is 16.7. The molecule has 0 saturated carbocycles. The number of rotatable bonds is 11. The van der Waals surface area contributed by atoms with Gasteiger partial charge in [-0.25, -0.2) is 4.98 Å². The topological polar surface area (TPSA) is 90.7 Å². The van der Waals surface area contributed by atoms with E-state index in [1.165, 1.54) is 0 Å². The van der Waals surface area contributed by atoms with E-state index < -0.39 is 0 Å². The summed E-state index contributed by atoms with van der Waals surface area (Å²) in [4.78, 5) is 23.7. The van der Waals surface area contributed by atoms with Crippen molar-refractivity contribution in [1.82, 2.24) is 19.4 Å². The van der Waals surface area contributed by atoms with E-state index in [9.17, 15) is 4.79 Å². The van der Waals surface area contributed by atoms with Crippen LogP contribution in [0.1, 0.15) is 25.7 Å². The van der Waals surface area contributed by atoms with Crippen molar-refractivity contribution in [3.63, 3.8) is 0 Å². The number of anilines is 2. The van der Waals surface area contributed by atoms with Crippen LogP contribution < -0.4 is 15.6 Å². The minimum Gasteiger partial charge on any atom is -0.492 e. The van der Waals surface area contributed by atoms with Crippen molar-refractivity contribution in [2.45, 2.75) is 38.5 Å². The van der Waals surface area contributed by atoms with Gasteiger partial charge in [-0.1, -0.05) is 0 Å². The standard InChI is InChI=1S/C25H33N5O4/c1-29(2)14-17-32-21-10-8-20(9-11-21)27-25-26-18-19-7-12-22(31)30(24(19)28-25)13-5-16-34-23-6-3-4-15-33-23/h7-12,18,23H,3-6,13-17H2,1-2H3,(H,26,27,28). The van der Waals surface area contributed by atoms with Crippen LogP contribution in [0, 0.1) is 0 Å². The van der Waals surface area contributed by atoms with Crippen molar-refractivity contribution in [2.75, 3.05) is 45.8 Å². The van der Waals surface area contributed by atoms with Crippen LogP contribution in [-0.4, -0.2) is 66.2 Å². The van der Waals surface area contributed by atoms with Gasteiger partial charge in [-0.2, -0.15) is 4.98 Å². The maximum atomic E-state index is 12.6. The summed E-state index contributed by atoms with van der Waals surface area (Å²) >= 11 is 0. The number of likely N-dealkylation sites (N-methyl/N-ethyl adjacent to an activating group) is 1.